The largest absolute Gasteiger partial charge is 0.299 e. The maximum atomic E-state index is 11.7. The third-order valence-corrected chi connectivity index (χ3v) is 4.67. The van der Waals surface area contributed by atoms with Crippen LogP contribution in [0, 0.1) is 0 Å². The first-order chi connectivity index (χ1) is 8.43. The molecule has 0 aliphatic rings. The minimum absolute atomic E-state index is 0.0450. The maximum Gasteiger partial charge on any atom is 0.150 e. The van der Waals surface area contributed by atoms with Crippen LogP contribution in [0.2, 0.25) is 5.02 Å². The van der Waals surface area contributed by atoms with E-state index in [0.717, 1.165) is 5.56 Å². The molecule has 0 fully saturated rings. The first-order valence-corrected chi connectivity index (χ1v) is 8.09. The molecule has 100 valence electrons. The molecule has 0 aromatic heterocycles. The van der Waals surface area contributed by atoms with Gasteiger partial charge in [0.05, 0.1) is 5.75 Å². The summed E-state index contributed by atoms with van der Waals surface area (Å²) in [7, 11) is -2.97. The lowest BCUT2D eigenvalue weighted by atomic mass is 10.1. The molecule has 0 bridgehead atoms. The van der Waals surface area contributed by atoms with Gasteiger partial charge in [-0.2, -0.15) is 0 Å². The molecule has 0 radical (unpaired) electrons. The number of hydrogen-bond donors (Lipinski definition) is 0. The molecule has 0 N–H and O–H groups in total. The molecule has 0 heterocycles. The Morgan fingerprint density at radius 3 is 2.67 bits per heavy atom. The molecular weight excluding hydrogens is 272 g/mol. The van der Waals surface area contributed by atoms with Gasteiger partial charge in [0.2, 0.25) is 0 Å². The van der Waals surface area contributed by atoms with Crippen molar-refractivity contribution in [3.05, 3.63) is 34.9 Å². The van der Waals surface area contributed by atoms with E-state index < -0.39 is 9.84 Å². The summed E-state index contributed by atoms with van der Waals surface area (Å²) in [6.45, 7) is 1.61. The Balaban J connectivity index is 2.39. The lowest BCUT2D eigenvalue weighted by molar-refractivity contribution is -0.118. The summed E-state index contributed by atoms with van der Waals surface area (Å²) in [5.41, 5.74) is 0.867. The highest BCUT2D eigenvalue weighted by Crippen LogP contribution is 2.12. The second-order valence-corrected chi connectivity index (χ2v) is 7.09. The molecule has 0 saturated heterocycles. The van der Waals surface area contributed by atoms with Crippen LogP contribution in [-0.4, -0.2) is 25.7 Å². The Morgan fingerprint density at radius 2 is 2.06 bits per heavy atom. The van der Waals surface area contributed by atoms with Gasteiger partial charge in [-0.05, 0) is 24.1 Å². The van der Waals surface area contributed by atoms with Crippen LogP contribution in [-0.2, 0) is 21.1 Å². The van der Waals surface area contributed by atoms with E-state index in [1.807, 2.05) is 6.07 Å². The van der Waals surface area contributed by atoms with Crippen LogP contribution >= 0.6 is 11.6 Å². The van der Waals surface area contributed by atoms with Crippen LogP contribution in [0.4, 0.5) is 0 Å². The first-order valence-electron chi connectivity index (χ1n) is 5.89. The number of ketones is 1. The van der Waals surface area contributed by atoms with Crippen molar-refractivity contribution in [2.24, 2.45) is 0 Å². The minimum atomic E-state index is -2.97. The topological polar surface area (TPSA) is 51.2 Å². The second kappa shape index (κ2) is 6.90. The average molecular weight is 289 g/mol. The van der Waals surface area contributed by atoms with Crippen molar-refractivity contribution in [3.8, 4) is 0 Å². The molecule has 0 aliphatic heterocycles. The average Bonchev–Trinajstić information content (AvgIpc) is 2.28. The van der Waals surface area contributed by atoms with Crippen molar-refractivity contribution < 1.29 is 13.2 Å². The van der Waals surface area contributed by atoms with Crippen LogP contribution in [0.25, 0.3) is 0 Å². The Hall–Kier alpha value is -0.870. The molecule has 1 aromatic carbocycles. The lowest BCUT2D eigenvalue weighted by Crippen LogP contribution is -2.11. The number of carbonyl (C=O) groups excluding carboxylic acids is 1. The van der Waals surface area contributed by atoms with Gasteiger partial charge in [-0.25, -0.2) is 8.42 Å². The second-order valence-electron chi connectivity index (χ2n) is 4.19. The Kier molecular flexibility index (Phi) is 5.82. The van der Waals surface area contributed by atoms with Gasteiger partial charge >= 0.3 is 0 Å². The van der Waals surface area contributed by atoms with Crippen molar-refractivity contribution in [2.45, 2.75) is 26.2 Å². The monoisotopic (exact) mass is 288 g/mol. The fourth-order valence-corrected chi connectivity index (χ4v) is 2.68. The fourth-order valence-electron chi connectivity index (χ4n) is 1.60. The standard InChI is InChI=1S/C13H17ClO3S/c1-2-18(16,17)8-4-7-13(15)10-11-5-3-6-12(14)9-11/h3,5-6,9H,2,4,7-8,10H2,1H3. The lowest BCUT2D eigenvalue weighted by Gasteiger charge is -2.02. The molecule has 0 saturated carbocycles. The zero-order valence-electron chi connectivity index (χ0n) is 10.4. The summed E-state index contributed by atoms with van der Waals surface area (Å²) < 4.78 is 22.5. The van der Waals surface area contributed by atoms with Gasteiger partial charge in [-0.1, -0.05) is 30.7 Å². The third-order valence-electron chi connectivity index (χ3n) is 2.64. The highest BCUT2D eigenvalue weighted by molar-refractivity contribution is 7.91. The number of hydrogen-bond acceptors (Lipinski definition) is 3. The Bertz CT molecular complexity index is 509. The van der Waals surface area contributed by atoms with Crippen molar-refractivity contribution in [2.75, 3.05) is 11.5 Å². The van der Waals surface area contributed by atoms with Crippen LogP contribution in [0.3, 0.4) is 0 Å². The van der Waals surface area contributed by atoms with Gasteiger partial charge in [0.1, 0.15) is 15.6 Å². The predicted molar refractivity (Wildman–Crippen MR) is 73.7 cm³/mol. The third kappa shape index (κ3) is 5.65. The highest BCUT2D eigenvalue weighted by Gasteiger charge is 2.09. The van der Waals surface area contributed by atoms with Gasteiger partial charge in [-0.15, -0.1) is 0 Å². The summed E-state index contributed by atoms with van der Waals surface area (Å²) in [5, 5.41) is 0.605. The Labute approximate surface area is 113 Å². The van der Waals surface area contributed by atoms with Crippen LogP contribution in [0.15, 0.2) is 24.3 Å². The number of rotatable bonds is 7. The van der Waals surface area contributed by atoms with E-state index in [9.17, 15) is 13.2 Å². The summed E-state index contributed by atoms with van der Waals surface area (Å²) in [6, 6.07) is 7.14. The van der Waals surface area contributed by atoms with E-state index in [2.05, 4.69) is 0 Å². The predicted octanol–water partition coefficient (Wildman–Crippen LogP) is 2.67. The zero-order valence-corrected chi connectivity index (χ0v) is 11.9. The Morgan fingerprint density at radius 1 is 1.33 bits per heavy atom. The van der Waals surface area contributed by atoms with Gasteiger partial charge in [-0.3, -0.25) is 4.79 Å². The first kappa shape index (κ1) is 15.2. The van der Waals surface area contributed by atoms with E-state index in [1.165, 1.54) is 0 Å². The SMILES string of the molecule is CCS(=O)(=O)CCCC(=O)Cc1cccc(Cl)c1. The number of halogens is 1. The molecule has 0 aliphatic carbocycles. The van der Waals surface area contributed by atoms with Gasteiger partial charge < -0.3 is 0 Å². The van der Waals surface area contributed by atoms with Crippen molar-refractivity contribution >= 4 is 27.2 Å². The van der Waals surface area contributed by atoms with Crippen LogP contribution < -0.4 is 0 Å². The van der Waals surface area contributed by atoms with E-state index in [0.29, 0.717) is 24.3 Å². The smallest absolute Gasteiger partial charge is 0.150 e. The zero-order chi connectivity index (χ0) is 13.6. The summed E-state index contributed by atoms with van der Waals surface area (Å²) in [4.78, 5) is 11.7. The quantitative estimate of drug-likeness (QED) is 0.775. The molecule has 1 rings (SSSR count). The molecule has 3 nitrogen and oxygen atoms in total. The van der Waals surface area contributed by atoms with E-state index >= 15 is 0 Å². The van der Waals surface area contributed by atoms with Gasteiger partial charge in [0.25, 0.3) is 0 Å². The number of sulfone groups is 1. The van der Waals surface area contributed by atoms with E-state index in [4.69, 9.17) is 11.6 Å². The van der Waals surface area contributed by atoms with Crippen molar-refractivity contribution in [1.82, 2.24) is 0 Å². The number of benzene rings is 1. The molecule has 18 heavy (non-hydrogen) atoms. The van der Waals surface area contributed by atoms with Crippen molar-refractivity contribution in [3.63, 3.8) is 0 Å². The summed E-state index contributed by atoms with van der Waals surface area (Å²) >= 11 is 5.82. The normalized spacial score (nSPS) is 11.4. The fraction of sp³-hybridized carbons (Fsp3) is 0.462. The summed E-state index contributed by atoms with van der Waals surface area (Å²) in [6.07, 6.45) is 1.01. The molecule has 1 aromatic rings. The van der Waals surface area contributed by atoms with Crippen molar-refractivity contribution in [1.29, 1.82) is 0 Å². The van der Waals surface area contributed by atoms with Gasteiger partial charge in [0, 0.05) is 23.6 Å². The maximum absolute atomic E-state index is 11.7. The van der Waals surface area contributed by atoms with Gasteiger partial charge in [0.15, 0.2) is 0 Å². The summed E-state index contributed by atoms with van der Waals surface area (Å²) in [5.74, 6) is 0.267. The molecule has 5 heteroatoms. The molecule has 0 amide bonds. The molecule has 0 unspecified atom stereocenters. The number of Topliss-reactive ketones (excluding diaryl/α,β-unsaturated/α-hetero) is 1. The van der Waals surface area contributed by atoms with Crippen LogP contribution in [0.5, 0.6) is 0 Å². The van der Waals surface area contributed by atoms with Crippen LogP contribution in [0.1, 0.15) is 25.3 Å². The van der Waals surface area contributed by atoms with E-state index in [-0.39, 0.29) is 17.3 Å². The minimum Gasteiger partial charge on any atom is -0.299 e. The molecular formula is C13H17ClO3S. The van der Waals surface area contributed by atoms with E-state index in [1.54, 1.807) is 25.1 Å². The molecule has 0 atom stereocenters. The highest BCUT2D eigenvalue weighted by atomic mass is 35.5. The molecule has 0 spiro atoms. The number of carbonyl (C=O) groups is 1.